The Morgan fingerprint density at radius 1 is 0.524 bits per heavy atom. The monoisotopic (exact) mass is 281 g/mol. The van der Waals surface area contributed by atoms with Gasteiger partial charge in [0.05, 0.1) is 0 Å². The Bertz CT molecular complexity index is 522. The summed E-state index contributed by atoms with van der Waals surface area (Å²) in [7, 11) is 0. The molecule has 2 rings (SSSR count). The molecule has 21 heavy (non-hydrogen) atoms. The predicted octanol–water partition coefficient (Wildman–Crippen LogP) is 6.03. The molecule has 0 fully saturated rings. The van der Waals surface area contributed by atoms with Crippen LogP contribution < -0.4 is 5.32 Å². The van der Waals surface area contributed by atoms with E-state index in [1.54, 1.807) is 0 Å². The maximum Gasteiger partial charge on any atom is 0.0384 e. The minimum absolute atomic E-state index is 0.201. The van der Waals surface area contributed by atoms with Crippen molar-refractivity contribution in [3.8, 4) is 0 Å². The number of nitrogens with one attached hydrogen (secondary N) is 1. The molecular formula is C20H27N. The standard InChI is InChI=1S/C20H27N/c1-19(2,3)15-7-11-17(12-8-15)21-18-13-9-16(10-14-18)20(4,5)6/h7-14,21H,1-6H3. The number of hydrogen-bond acceptors (Lipinski definition) is 1. The Balaban J connectivity index is 2.12. The second-order valence-electron chi connectivity index (χ2n) is 7.78. The van der Waals surface area contributed by atoms with Crippen molar-refractivity contribution in [3.05, 3.63) is 59.7 Å². The van der Waals surface area contributed by atoms with Gasteiger partial charge in [0.1, 0.15) is 0 Å². The third-order valence-electron chi connectivity index (χ3n) is 3.79. The molecule has 1 N–H and O–H groups in total. The molecule has 1 nitrogen and oxygen atoms in total. The molecule has 0 heterocycles. The van der Waals surface area contributed by atoms with Gasteiger partial charge in [-0.3, -0.25) is 0 Å². The van der Waals surface area contributed by atoms with Gasteiger partial charge < -0.3 is 5.32 Å². The van der Waals surface area contributed by atoms with Crippen LogP contribution in [0.25, 0.3) is 0 Å². The molecule has 0 aliphatic heterocycles. The summed E-state index contributed by atoms with van der Waals surface area (Å²) in [5.41, 5.74) is 5.38. The van der Waals surface area contributed by atoms with E-state index in [1.165, 1.54) is 11.1 Å². The summed E-state index contributed by atoms with van der Waals surface area (Å²) >= 11 is 0. The molecule has 0 saturated carbocycles. The zero-order chi connectivity index (χ0) is 15.7. The Hall–Kier alpha value is -1.76. The molecule has 0 aliphatic rings. The zero-order valence-electron chi connectivity index (χ0n) is 14.1. The second kappa shape index (κ2) is 5.55. The molecule has 0 spiro atoms. The maximum atomic E-state index is 3.46. The van der Waals surface area contributed by atoms with Crippen LogP contribution in [0.4, 0.5) is 11.4 Å². The van der Waals surface area contributed by atoms with Crippen molar-refractivity contribution in [2.75, 3.05) is 5.32 Å². The van der Waals surface area contributed by atoms with Crippen LogP contribution in [0.1, 0.15) is 52.7 Å². The molecule has 0 radical (unpaired) electrons. The number of benzene rings is 2. The van der Waals surface area contributed by atoms with Gasteiger partial charge in [0.15, 0.2) is 0 Å². The lowest BCUT2D eigenvalue weighted by molar-refractivity contribution is 0.590. The van der Waals surface area contributed by atoms with Crippen molar-refractivity contribution in [1.29, 1.82) is 0 Å². The maximum absolute atomic E-state index is 3.46. The fourth-order valence-corrected chi connectivity index (χ4v) is 2.27. The Kier molecular flexibility index (Phi) is 4.13. The lowest BCUT2D eigenvalue weighted by Gasteiger charge is -2.20. The van der Waals surface area contributed by atoms with Crippen LogP contribution in [-0.2, 0) is 10.8 Å². The third-order valence-corrected chi connectivity index (χ3v) is 3.79. The van der Waals surface area contributed by atoms with Gasteiger partial charge in [-0.15, -0.1) is 0 Å². The minimum atomic E-state index is 0.201. The Labute approximate surface area is 129 Å². The van der Waals surface area contributed by atoms with Crippen LogP contribution >= 0.6 is 0 Å². The molecule has 0 bridgehead atoms. The summed E-state index contributed by atoms with van der Waals surface area (Å²) in [6, 6.07) is 17.4. The van der Waals surface area contributed by atoms with E-state index in [2.05, 4.69) is 95.4 Å². The van der Waals surface area contributed by atoms with Gasteiger partial charge >= 0.3 is 0 Å². The number of hydrogen-bond donors (Lipinski definition) is 1. The number of anilines is 2. The van der Waals surface area contributed by atoms with Crippen LogP contribution in [0.2, 0.25) is 0 Å². The van der Waals surface area contributed by atoms with Gasteiger partial charge in [-0.1, -0.05) is 65.8 Å². The van der Waals surface area contributed by atoms with Gasteiger partial charge in [0.2, 0.25) is 0 Å². The van der Waals surface area contributed by atoms with Crippen molar-refractivity contribution < 1.29 is 0 Å². The smallest absolute Gasteiger partial charge is 0.0384 e. The highest BCUT2D eigenvalue weighted by Gasteiger charge is 2.14. The molecule has 112 valence electrons. The minimum Gasteiger partial charge on any atom is -0.356 e. The molecule has 0 unspecified atom stereocenters. The largest absolute Gasteiger partial charge is 0.356 e. The van der Waals surface area contributed by atoms with Crippen LogP contribution in [0.5, 0.6) is 0 Å². The molecular weight excluding hydrogens is 254 g/mol. The fraction of sp³-hybridized carbons (Fsp3) is 0.400. The summed E-state index contributed by atoms with van der Waals surface area (Å²) in [6.07, 6.45) is 0. The van der Waals surface area contributed by atoms with E-state index in [1.807, 2.05) is 0 Å². The van der Waals surface area contributed by atoms with Crippen molar-refractivity contribution in [2.45, 2.75) is 52.4 Å². The van der Waals surface area contributed by atoms with Gasteiger partial charge in [-0.05, 0) is 46.2 Å². The van der Waals surface area contributed by atoms with E-state index in [4.69, 9.17) is 0 Å². The summed E-state index contributed by atoms with van der Waals surface area (Å²) in [5, 5.41) is 3.46. The van der Waals surface area contributed by atoms with Crippen LogP contribution in [0.3, 0.4) is 0 Å². The van der Waals surface area contributed by atoms with Gasteiger partial charge in [0, 0.05) is 11.4 Å². The first-order valence-electron chi connectivity index (χ1n) is 7.64. The summed E-state index contributed by atoms with van der Waals surface area (Å²) in [6.45, 7) is 13.4. The highest BCUT2D eigenvalue weighted by Crippen LogP contribution is 2.27. The van der Waals surface area contributed by atoms with E-state index in [9.17, 15) is 0 Å². The zero-order valence-corrected chi connectivity index (χ0v) is 14.1. The SMILES string of the molecule is CC(C)(C)c1ccc(Nc2ccc(C(C)(C)C)cc2)cc1. The van der Waals surface area contributed by atoms with Crippen molar-refractivity contribution in [1.82, 2.24) is 0 Å². The highest BCUT2D eigenvalue weighted by molar-refractivity contribution is 5.60. The van der Waals surface area contributed by atoms with Crippen molar-refractivity contribution in [2.24, 2.45) is 0 Å². The average Bonchev–Trinajstić information content (AvgIpc) is 2.38. The molecule has 0 aliphatic carbocycles. The molecule has 2 aromatic rings. The first kappa shape index (κ1) is 15.6. The Morgan fingerprint density at radius 3 is 1.05 bits per heavy atom. The molecule has 0 atom stereocenters. The van der Waals surface area contributed by atoms with Crippen LogP contribution in [-0.4, -0.2) is 0 Å². The average molecular weight is 281 g/mol. The van der Waals surface area contributed by atoms with E-state index in [0.717, 1.165) is 11.4 Å². The fourth-order valence-electron chi connectivity index (χ4n) is 2.27. The summed E-state index contributed by atoms with van der Waals surface area (Å²) in [4.78, 5) is 0. The lowest BCUT2D eigenvalue weighted by atomic mass is 9.87. The first-order valence-corrected chi connectivity index (χ1v) is 7.64. The van der Waals surface area contributed by atoms with Crippen LogP contribution in [0, 0.1) is 0 Å². The molecule has 2 aromatic carbocycles. The second-order valence-corrected chi connectivity index (χ2v) is 7.78. The summed E-state index contributed by atoms with van der Waals surface area (Å²) in [5.74, 6) is 0. The van der Waals surface area contributed by atoms with Crippen LogP contribution in [0.15, 0.2) is 48.5 Å². The highest BCUT2D eigenvalue weighted by atomic mass is 14.9. The molecule has 0 aromatic heterocycles. The normalized spacial score (nSPS) is 12.3. The molecule has 1 heteroatoms. The van der Waals surface area contributed by atoms with Gasteiger partial charge in [0.25, 0.3) is 0 Å². The van der Waals surface area contributed by atoms with Gasteiger partial charge in [-0.25, -0.2) is 0 Å². The first-order chi connectivity index (χ1) is 9.66. The molecule has 0 amide bonds. The van der Waals surface area contributed by atoms with Gasteiger partial charge in [-0.2, -0.15) is 0 Å². The number of rotatable bonds is 2. The lowest BCUT2D eigenvalue weighted by Crippen LogP contribution is -2.11. The quantitative estimate of drug-likeness (QED) is 0.709. The Morgan fingerprint density at radius 2 is 0.810 bits per heavy atom. The van der Waals surface area contributed by atoms with E-state index >= 15 is 0 Å². The van der Waals surface area contributed by atoms with E-state index in [0.29, 0.717) is 0 Å². The van der Waals surface area contributed by atoms with Crippen molar-refractivity contribution >= 4 is 11.4 Å². The van der Waals surface area contributed by atoms with E-state index < -0.39 is 0 Å². The molecule has 0 saturated heterocycles. The van der Waals surface area contributed by atoms with E-state index in [-0.39, 0.29) is 10.8 Å². The van der Waals surface area contributed by atoms with Crippen molar-refractivity contribution in [3.63, 3.8) is 0 Å². The summed E-state index contributed by atoms with van der Waals surface area (Å²) < 4.78 is 0. The topological polar surface area (TPSA) is 12.0 Å². The predicted molar refractivity (Wildman–Crippen MR) is 93.6 cm³/mol. The third kappa shape index (κ3) is 4.10.